The van der Waals surface area contributed by atoms with Crippen molar-refractivity contribution >= 4 is 11.9 Å². The highest BCUT2D eigenvalue weighted by Crippen LogP contribution is 2.09. The Bertz CT molecular complexity index is 446. The molecule has 0 aromatic heterocycles. The number of rotatable bonds is 7. The molecule has 1 unspecified atom stereocenters. The Labute approximate surface area is 112 Å². The van der Waals surface area contributed by atoms with Crippen LogP contribution in [0.2, 0.25) is 0 Å². The summed E-state index contributed by atoms with van der Waals surface area (Å²) in [5.41, 5.74) is 6.95. The predicted molar refractivity (Wildman–Crippen MR) is 73.0 cm³/mol. The number of carboxylic acids is 1. The molecule has 0 aliphatic heterocycles. The van der Waals surface area contributed by atoms with Crippen LogP contribution in [0.5, 0.6) is 0 Å². The number of hydrogen-bond donors (Lipinski definition) is 3. The summed E-state index contributed by atoms with van der Waals surface area (Å²) in [5, 5.41) is 11.6. The fourth-order valence-electron chi connectivity index (χ4n) is 1.83. The van der Waals surface area contributed by atoms with E-state index >= 15 is 0 Å². The van der Waals surface area contributed by atoms with E-state index in [0.29, 0.717) is 24.9 Å². The first-order chi connectivity index (χ1) is 9.10. The van der Waals surface area contributed by atoms with Crippen molar-refractivity contribution in [1.29, 1.82) is 0 Å². The summed E-state index contributed by atoms with van der Waals surface area (Å²) in [6, 6.07) is 7.22. The number of carbonyl (C=O) groups is 2. The van der Waals surface area contributed by atoms with Gasteiger partial charge in [0.2, 0.25) is 0 Å². The third-order valence-electron chi connectivity index (χ3n) is 3.03. The molecule has 0 fully saturated rings. The molecule has 0 saturated carbocycles. The molecule has 1 aromatic rings. The van der Waals surface area contributed by atoms with Gasteiger partial charge >= 0.3 is 5.97 Å². The molecule has 104 valence electrons. The van der Waals surface area contributed by atoms with Crippen LogP contribution in [-0.2, 0) is 11.2 Å². The van der Waals surface area contributed by atoms with E-state index in [9.17, 15) is 9.59 Å². The van der Waals surface area contributed by atoms with Gasteiger partial charge in [0.15, 0.2) is 0 Å². The molecule has 0 aliphatic carbocycles. The van der Waals surface area contributed by atoms with Crippen molar-refractivity contribution in [3.63, 3.8) is 0 Å². The van der Waals surface area contributed by atoms with Crippen molar-refractivity contribution in [3.8, 4) is 0 Å². The molecule has 1 aromatic carbocycles. The van der Waals surface area contributed by atoms with Crippen LogP contribution in [0.4, 0.5) is 0 Å². The van der Waals surface area contributed by atoms with E-state index in [2.05, 4.69) is 5.32 Å². The summed E-state index contributed by atoms with van der Waals surface area (Å²) in [7, 11) is 0. The van der Waals surface area contributed by atoms with Crippen LogP contribution >= 0.6 is 0 Å². The van der Waals surface area contributed by atoms with Gasteiger partial charge in [0.25, 0.3) is 5.91 Å². The van der Waals surface area contributed by atoms with Crippen LogP contribution < -0.4 is 11.1 Å². The van der Waals surface area contributed by atoms with E-state index in [0.717, 1.165) is 5.56 Å². The molecule has 5 heteroatoms. The second-order valence-corrected chi connectivity index (χ2v) is 4.35. The minimum Gasteiger partial charge on any atom is -0.481 e. The number of carboxylic acid groups (broad SMARTS) is 1. The van der Waals surface area contributed by atoms with Gasteiger partial charge < -0.3 is 16.2 Å². The molecule has 0 heterocycles. The van der Waals surface area contributed by atoms with E-state index < -0.39 is 11.9 Å². The number of hydrogen-bond acceptors (Lipinski definition) is 3. The Morgan fingerprint density at radius 2 is 2.05 bits per heavy atom. The first kappa shape index (κ1) is 15.2. The van der Waals surface area contributed by atoms with E-state index in [-0.39, 0.29) is 12.5 Å². The molecule has 0 bridgehead atoms. The molecule has 0 radical (unpaired) electrons. The minimum atomic E-state index is -0.891. The molecule has 0 spiro atoms. The van der Waals surface area contributed by atoms with E-state index in [1.165, 1.54) is 0 Å². The fourth-order valence-corrected chi connectivity index (χ4v) is 1.83. The molecule has 1 rings (SSSR count). The third-order valence-corrected chi connectivity index (χ3v) is 3.03. The lowest BCUT2D eigenvalue weighted by Gasteiger charge is -2.13. The van der Waals surface area contributed by atoms with Crippen LogP contribution in [0.1, 0.15) is 29.3 Å². The molecular formula is C14H20N2O3. The smallest absolute Gasteiger partial charge is 0.308 e. The van der Waals surface area contributed by atoms with E-state index in [1.807, 2.05) is 12.1 Å². The molecule has 0 aliphatic rings. The topological polar surface area (TPSA) is 92.4 Å². The van der Waals surface area contributed by atoms with Crippen LogP contribution in [0.25, 0.3) is 0 Å². The van der Waals surface area contributed by atoms with Crippen molar-refractivity contribution in [2.45, 2.75) is 19.8 Å². The first-order valence-corrected chi connectivity index (χ1v) is 6.39. The number of amides is 1. The van der Waals surface area contributed by atoms with E-state index in [4.69, 9.17) is 10.8 Å². The number of aliphatic carboxylic acids is 1. The zero-order valence-corrected chi connectivity index (χ0v) is 11.1. The highest BCUT2D eigenvalue weighted by atomic mass is 16.4. The number of benzene rings is 1. The molecule has 1 atom stereocenters. The monoisotopic (exact) mass is 264 g/mol. The Morgan fingerprint density at radius 3 is 2.63 bits per heavy atom. The van der Waals surface area contributed by atoms with Gasteiger partial charge in [0.05, 0.1) is 5.92 Å². The largest absolute Gasteiger partial charge is 0.481 e. The summed E-state index contributed by atoms with van der Waals surface area (Å²) >= 11 is 0. The summed E-state index contributed by atoms with van der Waals surface area (Å²) in [6.45, 7) is 2.39. The number of carbonyl (C=O) groups excluding carboxylic acids is 1. The number of nitrogens with one attached hydrogen (secondary N) is 1. The second-order valence-electron chi connectivity index (χ2n) is 4.35. The quantitative estimate of drug-likeness (QED) is 0.685. The average Bonchev–Trinajstić information content (AvgIpc) is 2.40. The lowest BCUT2D eigenvalue weighted by Crippen LogP contribution is -2.33. The maximum atomic E-state index is 12.0. The average molecular weight is 264 g/mol. The maximum Gasteiger partial charge on any atom is 0.308 e. The van der Waals surface area contributed by atoms with Crippen LogP contribution in [-0.4, -0.2) is 30.1 Å². The lowest BCUT2D eigenvalue weighted by molar-refractivity contribution is -0.141. The molecule has 0 saturated heterocycles. The summed E-state index contributed by atoms with van der Waals surface area (Å²) < 4.78 is 0. The van der Waals surface area contributed by atoms with Gasteiger partial charge in [-0.15, -0.1) is 0 Å². The highest BCUT2D eigenvalue weighted by molar-refractivity contribution is 5.95. The van der Waals surface area contributed by atoms with Gasteiger partial charge in [-0.2, -0.15) is 0 Å². The van der Waals surface area contributed by atoms with Gasteiger partial charge in [0.1, 0.15) is 0 Å². The second kappa shape index (κ2) is 7.53. The zero-order chi connectivity index (χ0) is 14.3. The Balaban J connectivity index is 2.70. The first-order valence-electron chi connectivity index (χ1n) is 6.39. The maximum absolute atomic E-state index is 12.0. The van der Waals surface area contributed by atoms with Crippen LogP contribution in [0.3, 0.4) is 0 Å². The molecule has 4 N–H and O–H groups in total. The van der Waals surface area contributed by atoms with Crippen LogP contribution in [0.15, 0.2) is 24.3 Å². The molecular weight excluding hydrogens is 244 g/mol. The Kier molecular flexibility index (Phi) is 6.02. The molecule has 1 amide bonds. The van der Waals surface area contributed by atoms with Gasteiger partial charge in [-0.25, -0.2) is 0 Å². The Hall–Kier alpha value is -1.88. The summed E-state index contributed by atoms with van der Waals surface area (Å²) in [4.78, 5) is 22.9. The van der Waals surface area contributed by atoms with Crippen molar-refractivity contribution in [1.82, 2.24) is 5.32 Å². The van der Waals surface area contributed by atoms with Crippen molar-refractivity contribution in [2.75, 3.05) is 13.1 Å². The predicted octanol–water partition coefficient (Wildman–Crippen LogP) is 1.03. The van der Waals surface area contributed by atoms with Crippen molar-refractivity contribution in [2.24, 2.45) is 11.7 Å². The lowest BCUT2D eigenvalue weighted by atomic mass is 10.0. The fraction of sp³-hybridized carbons (Fsp3) is 0.429. The van der Waals surface area contributed by atoms with Gasteiger partial charge in [-0.3, -0.25) is 9.59 Å². The van der Waals surface area contributed by atoms with Gasteiger partial charge in [-0.1, -0.05) is 25.1 Å². The summed E-state index contributed by atoms with van der Waals surface area (Å²) in [5.74, 6) is -1.69. The van der Waals surface area contributed by atoms with Crippen LogP contribution in [0, 0.1) is 5.92 Å². The van der Waals surface area contributed by atoms with Crippen molar-refractivity contribution < 1.29 is 14.7 Å². The van der Waals surface area contributed by atoms with E-state index in [1.54, 1.807) is 19.1 Å². The molecule has 19 heavy (non-hydrogen) atoms. The van der Waals surface area contributed by atoms with Gasteiger partial charge in [0, 0.05) is 12.1 Å². The Morgan fingerprint density at radius 1 is 1.37 bits per heavy atom. The van der Waals surface area contributed by atoms with Crippen molar-refractivity contribution in [3.05, 3.63) is 35.4 Å². The third kappa shape index (κ3) is 4.37. The standard InChI is InChI=1S/C14H20N2O3/c1-2-10(14(18)19)9-16-13(17)12-6-4-3-5-11(12)7-8-15/h3-6,10H,2,7-9,15H2,1H3,(H,16,17)(H,18,19). The normalized spacial score (nSPS) is 11.9. The minimum absolute atomic E-state index is 0.141. The SMILES string of the molecule is CCC(CNC(=O)c1ccccc1CCN)C(=O)O. The molecule has 5 nitrogen and oxygen atoms in total. The zero-order valence-electron chi connectivity index (χ0n) is 11.1. The number of nitrogens with two attached hydrogens (primary N) is 1. The highest BCUT2D eigenvalue weighted by Gasteiger charge is 2.17. The van der Waals surface area contributed by atoms with Gasteiger partial charge in [-0.05, 0) is 31.0 Å². The summed E-state index contributed by atoms with van der Waals surface area (Å²) in [6.07, 6.45) is 1.11.